The maximum atomic E-state index is 12.5. The quantitative estimate of drug-likeness (QED) is 0.906. The fraction of sp³-hybridized carbons (Fsp3) is 0.600. The van der Waals surface area contributed by atoms with Crippen LogP contribution in [0.2, 0.25) is 0 Å². The predicted octanol–water partition coefficient (Wildman–Crippen LogP) is 1.53. The van der Waals surface area contributed by atoms with Crippen molar-refractivity contribution < 1.29 is 4.79 Å². The molecular formula is C15H24N4O. The van der Waals surface area contributed by atoms with Gasteiger partial charge in [0.05, 0.1) is 5.56 Å². The predicted molar refractivity (Wildman–Crippen MR) is 80.6 cm³/mol. The zero-order valence-corrected chi connectivity index (χ0v) is 12.6. The Morgan fingerprint density at radius 3 is 2.80 bits per heavy atom. The number of likely N-dealkylation sites (tertiary alicyclic amines) is 1. The number of carbonyl (C=O) groups is 1. The van der Waals surface area contributed by atoms with Crippen LogP contribution in [0.4, 0.5) is 5.69 Å². The van der Waals surface area contributed by atoms with Crippen molar-refractivity contribution in [2.24, 2.45) is 0 Å². The van der Waals surface area contributed by atoms with E-state index in [-0.39, 0.29) is 5.91 Å². The zero-order valence-electron chi connectivity index (χ0n) is 12.6. The number of hydrogen-bond donors (Lipinski definition) is 1. The Morgan fingerprint density at radius 2 is 2.20 bits per heavy atom. The Bertz CT molecular complexity index is 485. The molecule has 2 N–H and O–H groups in total. The van der Waals surface area contributed by atoms with E-state index in [0.29, 0.717) is 17.3 Å². The van der Waals surface area contributed by atoms with Crippen molar-refractivity contribution >= 4 is 11.6 Å². The summed E-state index contributed by atoms with van der Waals surface area (Å²) < 4.78 is 0. The summed E-state index contributed by atoms with van der Waals surface area (Å²) in [5.41, 5.74) is 7.82. The van der Waals surface area contributed by atoms with Crippen LogP contribution < -0.4 is 5.73 Å². The summed E-state index contributed by atoms with van der Waals surface area (Å²) in [6.45, 7) is 9.83. The van der Waals surface area contributed by atoms with Gasteiger partial charge in [0.1, 0.15) is 0 Å². The normalized spacial score (nSPS) is 18.8. The van der Waals surface area contributed by atoms with E-state index in [2.05, 4.69) is 23.7 Å². The van der Waals surface area contributed by atoms with E-state index in [1.165, 1.54) is 0 Å². The molecule has 1 unspecified atom stereocenters. The van der Waals surface area contributed by atoms with Gasteiger partial charge in [-0.1, -0.05) is 13.8 Å². The highest BCUT2D eigenvalue weighted by Gasteiger charge is 2.30. The number of pyridine rings is 1. The maximum Gasteiger partial charge on any atom is 0.257 e. The van der Waals surface area contributed by atoms with Crippen molar-refractivity contribution in [3.8, 4) is 0 Å². The lowest BCUT2D eigenvalue weighted by Crippen LogP contribution is -2.38. The molecule has 2 heterocycles. The number of aromatic nitrogens is 1. The average molecular weight is 276 g/mol. The Kier molecular flexibility index (Phi) is 4.60. The van der Waals surface area contributed by atoms with Crippen LogP contribution in [0.15, 0.2) is 12.3 Å². The summed E-state index contributed by atoms with van der Waals surface area (Å²) in [4.78, 5) is 21.0. The Balaban J connectivity index is 2.08. The van der Waals surface area contributed by atoms with E-state index in [9.17, 15) is 4.79 Å². The van der Waals surface area contributed by atoms with Crippen LogP contribution in [0, 0.1) is 6.92 Å². The molecule has 2 rings (SSSR count). The number of aryl methyl sites for hydroxylation is 1. The van der Waals surface area contributed by atoms with Gasteiger partial charge in [0, 0.05) is 36.7 Å². The number of anilines is 1. The van der Waals surface area contributed by atoms with E-state index >= 15 is 0 Å². The summed E-state index contributed by atoms with van der Waals surface area (Å²) in [5, 5.41) is 0. The van der Waals surface area contributed by atoms with Crippen LogP contribution in [0.25, 0.3) is 0 Å². The first-order valence-corrected chi connectivity index (χ1v) is 7.32. The van der Waals surface area contributed by atoms with Crippen LogP contribution in [0.5, 0.6) is 0 Å². The number of nitrogens with two attached hydrogens (primary N) is 1. The molecule has 5 heteroatoms. The molecule has 0 saturated carbocycles. The Hall–Kier alpha value is -1.62. The second kappa shape index (κ2) is 6.22. The largest absolute Gasteiger partial charge is 0.398 e. The molecule has 1 aromatic heterocycles. The minimum atomic E-state index is 0.00431. The Labute approximate surface area is 120 Å². The second-order valence-electron chi connectivity index (χ2n) is 5.33. The number of hydrogen-bond acceptors (Lipinski definition) is 4. The van der Waals surface area contributed by atoms with Gasteiger partial charge in [-0.15, -0.1) is 0 Å². The molecule has 0 radical (unpaired) electrons. The van der Waals surface area contributed by atoms with Crippen molar-refractivity contribution in [2.45, 2.75) is 33.2 Å². The summed E-state index contributed by atoms with van der Waals surface area (Å²) in [6.07, 6.45) is 2.63. The van der Waals surface area contributed by atoms with Gasteiger partial charge in [0.25, 0.3) is 5.91 Å². The van der Waals surface area contributed by atoms with Crippen molar-refractivity contribution in [2.75, 3.05) is 31.9 Å². The molecular weight excluding hydrogens is 252 g/mol. The fourth-order valence-electron chi connectivity index (χ4n) is 2.89. The first-order valence-electron chi connectivity index (χ1n) is 7.32. The maximum absolute atomic E-state index is 12.5. The third-order valence-corrected chi connectivity index (χ3v) is 4.08. The van der Waals surface area contributed by atoms with E-state index in [0.717, 1.165) is 38.3 Å². The van der Waals surface area contributed by atoms with Crippen LogP contribution in [0.3, 0.4) is 0 Å². The number of nitrogen functional groups attached to an aromatic ring is 1. The lowest BCUT2D eigenvalue weighted by Gasteiger charge is -2.26. The highest BCUT2D eigenvalue weighted by atomic mass is 16.2. The minimum Gasteiger partial charge on any atom is -0.398 e. The van der Waals surface area contributed by atoms with Gasteiger partial charge in [-0.05, 0) is 32.5 Å². The van der Waals surface area contributed by atoms with Gasteiger partial charge in [0.15, 0.2) is 0 Å². The van der Waals surface area contributed by atoms with Crippen molar-refractivity contribution in [3.63, 3.8) is 0 Å². The lowest BCUT2D eigenvalue weighted by molar-refractivity contribution is 0.0778. The number of nitrogens with zero attached hydrogens (tertiary/aromatic N) is 3. The van der Waals surface area contributed by atoms with Crippen molar-refractivity contribution in [3.05, 3.63) is 23.5 Å². The van der Waals surface area contributed by atoms with Gasteiger partial charge < -0.3 is 10.6 Å². The summed E-state index contributed by atoms with van der Waals surface area (Å²) in [5.74, 6) is 0.00431. The molecule has 0 bridgehead atoms. The summed E-state index contributed by atoms with van der Waals surface area (Å²) >= 11 is 0. The Morgan fingerprint density at radius 1 is 1.50 bits per heavy atom. The smallest absolute Gasteiger partial charge is 0.257 e. The molecule has 0 aliphatic carbocycles. The summed E-state index contributed by atoms with van der Waals surface area (Å²) in [7, 11) is 0. The van der Waals surface area contributed by atoms with E-state index in [1.54, 1.807) is 12.3 Å². The highest BCUT2D eigenvalue weighted by molar-refractivity contribution is 5.99. The van der Waals surface area contributed by atoms with Crippen molar-refractivity contribution in [1.29, 1.82) is 0 Å². The topological polar surface area (TPSA) is 62.5 Å². The van der Waals surface area contributed by atoms with Gasteiger partial charge in [-0.25, -0.2) is 0 Å². The number of carbonyl (C=O) groups excluding carboxylic acids is 1. The van der Waals surface area contributed by atoms with E-state index in [4.69, 9.17) is 5.73 Å². The average Bonchev–Trinajstić information content (AvgIpc) is 2.89. The third kappa shape index (κ3) is 2.93. The minimum absolute atomic E-state index is 0.00431. The standard InChI is InChI=1S/C15H24N4O/c1-4-18(5-2)12-6-7-19(10-12)15(20)13-9-17-11(3)8-14(13)16/h8-9,12H,4-7,10H2,1-3H3,(H2,16,17). The molecule has 1 amide bonds. The molecule has 20 heavy (non-hydrogen) atoms. The van der Waals surface area contributed by atoms with Crippen LogP contribution in [-0.4, -0.2) is 52.9 Å². The third-order valence-electron chi connectivity index (χ3n) is 4.08. The summed E-state index contributed by atoms with van der Waals surface area (Å²) in [6, 6.07) is 2.22. The van der Waals surface area contributed by atoms with Crippen LogP contribution in [-0.2, 0) is 0 Å². The molecule has 110 valence electrons. The van der Waals surface area contributed by atoms with Crippen LogP contribution >= 0.6 is 0 Å². The van der Waals surface area contributed by atoms with Crippen molar-refractivity contribution in [1.82, 2.24) is 14.8 Å². The van der Waals surface area contributed by atoms with Crippen LogP contribution in [0.1, 0.15) is 36.3 Å². The number of amides is 1. The molecule has 1 aliphatic rings. The SMILES string of the molecule is CCN(CC)C1CCN(C(=O)c2cnc(C)cc2N)C1. The number of likely N-dealkylation sites (N-methyl/N-ethyl adjacent to an activating group) is 1. The molecule has 0 spiro atoms. The lowest BCUT2D eigenvalue weighted by atomic mass is 10.2. The van der Waals surface area contributed by atoms with Gasteiger partial charge in [-0.3, -0.25) is 14.7 Å². The molecule has 0 aromatic carbocycles. The fourth-order valence-corrected chi connectivity index (χ4v) is 2.89. The first-order chi connectivity index (χ1) is 9.56. The molecule has 1 saturated heterocycles. The first kappa shape index (κ1) is 14.8. The highest BCUT2D eigenvalue weighted by Crippen LogP contribution is 2.20. The van der Waals surface area contributed by atoms with Gasteiger partial charge >= 0.3 is 0 Å². The van der Waals surface area contributed by atoms with Gasteiger partial charge in [-0.2, -0.15) is 0 Å². The molecule has 1 aliphatic heterocycles. The van der Waals surface area contributed by atoms with E-state index in [1.807, 2.05) is 11.8 Å². The zero-order chi connectivity index (χ0) is 14.7. The van der Waals surface area contributed by atoms with Gasteiger partial charge in [0.2, 0.25) is 0 Å². The number of rotatable bonds is 4. The molecule has 1 atom stereocenters. The van der Waals surface area contributed by atoms with E-state index < -0.39 is 0 Å². The monoisotopic (exact) mass is 276 g/mol. The molecule has 1 aromatic rings. The molecule has 1 fully saturated rings. The molecule has 5 nitrogen and oxygen atoms in total. The second-order valence-corrected chi connectivity index (χ2v) is 5.33.